The molecule has 0 radical (unpaired) electrons. The van der Waals surface area contributed by atoms with E-state index in [4.69, 9.17) is 4.74 Å². The van der Waals surface area contributed by atoms with Gasteiger partial charge in [-0.15, -0.1) is 11.3 Å². The Morgan fingerprint density at radius 3 is 2.37 bits per heavy atom. The van der Waals surface area contributed by atoms with E-state index in [-0.39, 0.29) is 0 Å². The van der Waals surface area contributed by atoms with Crippen molar-refractivity contribution in [1.29, 1.82) is 0 Å². The first kappa shape index (κ1) is 18.2. The van der Waals surface area contributed by atoms with E-state index in [2.05, 4.69) is 65.7 Å². The van der Waals surface area contributed by atoms with E-state index >= 15 is 0 Å². The Hall–Kier alpha value is -2.14. The third-order valence-corrected chi connectivity index (χ3v) is 6.04. The highest BCUT2D eigenvalue weighted by atomic mass is 32.1. The molecule has 1 unspecified atom stereocenters. The molecule has 1 atom stereocenters. The monoisotopic (exact) mass is 378 g/mol. The molecule has 0 aliphatic carbocycles. The minimum Gasteiger partial charge on any atom is -0.489 e. The van der Waals surface area contributed by atoms with Gasteiger partial charge in [0.1, 0.15) is 12.4 Å². The van der Waals surface area contributed by atoms with Crippen LogP contribution in [-0.2, 0) is 6.61 Å². The Balaban J connectivity index is 1.51. The van der Waals surface area contributed by atoms with Gasteiger partial charge >= 0.3 is 0 Å². The van der Waals surface area contributed by atoms with Crippen LogP contribution in [0.4, 0.5) is 0 Å². The molecular formula is C23H26N2OS. The van der Waals surface area contributed by atoms with Gasteiger partial charge in [-0.05, 0) is 42.3 Å². The lowest BCUT2D eigenvalue weighted by Crippen LogP contribution is -2.45. The van der Waals surface area contributed by atoms with Crippen molar-refractivity contribution < 1.29 is 4.74 Å². The Bertz CT molecular complexity index is 838. The van der Waals surface area contributed by atoms with Crippen molar-refractivity contribution in [3.63, 3.8) is 0 Å². The summed E-state index contributed by atoms with van der Waals surface area (Å²) < 4.78 is 5.96. The molecule has 1 saturated heterocycles. The van der Waals surface area contributed by atoms with Crippen LogP contribution in [-0.4, -0.2) is 31.1 Å². The highest BCUT2D eigenvalue weighted by Crippen LogP contribution is 2.34. The lowest BCUT2D eigenvalue weighted by Gasteiger charge is -2.34. The smallest absolute Gasteiger partial charge is 0.119 e. The predicted octanol–water partition coefficient (Wildman–Crippen LogP) is 4.63. The molecule has 0 bridgehead atoms. The zero-order valence-electron chi connectivity index (χ0n) is 15.7. The summed E-state index contributed by atoms with van der Waals surface area (Å²) >= 11 is 1.90. The van der Waals surface area contributed by atoms with Crippen molar-refractivity contribution in [1.82, 2.24) is 10.2 Å². The van der Waals surface area contributed by atoms with Crippen LogP contribution >= 0.6 is 11.3 Å². The molecule has 1 fully saturated rings. The average molecular weight is 379 g/mol. The molecule has 0 saturated carbocycles. The van der Waals surface area contributed by atoms with E-state index in [0.717, 1.165) is 31.9 Å². The summed E-state index contributed by atoms with van der Waals surface area (Å²) in [4.78, 5) is 5.38. The first-order chi connectivity index (χ1) is 13.3. The molecule has 2 heterocycles. The fourth-order valence-electron chi connectivity index (χ4n) is 3.58. The summed E-state index contributed by atoms with van der Waals surface area (Å²) in [5, 5.41) is 3.46. The van der Waals surface area contributed by atoms with Crippen LogP contribution in [0, 0.1) is 6.92 Å². The van der Waals surface area contributed by atoms with E-state index < -0.39 is 0 Å². The van der Waals surface area contributed by atoms with Crippen LogP contribution in [0.5, 0.6) is 5.75 Å². The van der Waals surface area contributed by atoms with Crippen LogP contribution in [0.1, 0.15) is 26.9 Å². The molecule has 1 aliphatic rings. The number of aryl methyl sites for hydroxylation is 1. The summed E-state index contributed by atoms with van der Waals surface area (Å²) in [6.07, 6.45) is 0. The minimum absolute atomic E-state index is 0.328. The van der Waals surface area contributed by atoms with Gasteiger partial charge in [-0.3, -0.25) is 4.90 Å². The van der Waals surface area contributed by atoms with Crippen molar-refractivity contribution in [2.45, 2.75) is 19.6 Å². The Labute approximate surface area is 165 Å². The summed E-state index contributed by atoms with van der Waals surface area (Å²) in [7, 11) is 0. The van der Waals surface area contributed by atoms with Gasteiger partial charge in [0, 0.05) is 35.9 Å². The summed E-state index contributed by atoms with van der Waals surface area (Å²) in [5.41, 5.74) is 2.53. The number of benzene rings is 2. The van der Waals surface area contributed by atoms with Gasteiger partial charge in [-0.25, -0.2) is 0 Å². The van der Waals surface area contributed by atoms with Gasteiger partial charge in [0.2, 0.25) is 0 Å². The molecule has 1 N–H and O–H groups in total. The second-order valence-electron chi connectivity index (χ2n) is 6.98. The molecule has 1 aromatic heterocycles. The van der Waals surface area contributed by atoms with Crippen molar-refractivity contribution >= 4 is 11.3 Å². The minimum atomic E-state index is 0.328. The van der Waals surface area contributed by atoms with Crippen molar-refractivity contribution in [2.24, 2.45) is 0 Å². The van der Waals surface area contributed by atoms with Gasteiger partial charge in [0.15, 0.2) is 0 Å². The molecule has 2 aromatic carbocycles. The number of hydrogen-bond donors (Lipinski definition) is 1. The van der Waals surface area contributed by atoms with E-state index in [0.29, 0.717) is 12.6 Å². The first-order valence-electron chi connectivity index (χ1n) is 9.57. The van der Waals surface area contributed by atoms with E-state index in [1.807, 2.05) is 29.5 Å². The van der Waals surface area contributed by atoms with Crippen molar-refractivity contribution in [3.8, 4) is 5.75 Å². The highest BCUT2D eigenvalue weighted by molar-refractivity contribution is 7.12. The average Bonchev–Trinajstić information content (AvgIpc) is 3.15. The molecule has 3 nitrogen and oxygen atoms in total. The molecule has 4 heteroatoms. The fraction of sp³-hybridized carbons (Fsp3) is 0.304. The van der Waals surface area contributed by atoms with Crippen LogP contribution in [0.25, 0.3) is 0 Å². The number of thiophene rings is 1. The molecule has 1 aliphatic heterocycles. The predicted molar refractivity (Wildman–Crippen MR) is 113 cm³/mol. The Kier molecular flexibility index (Phi) is 5.87. The zero-order chi connectivity index (χ0) is 18.5. The van der Waals surface area contributed by atoms with Gasteiger partial charge in [0.25, 0.3) is 0 Å². The fourth-order valence-corrected chi connectivity index (χ4v) is 4.62. The number of hydrogen-bond acceptors (Lipinski definition) is 4. The molecule has 4 rings (SSSR count). The second-order valence-corrected chi connectivity index (χ2v) is 8.30. The van der Waals surface area contributed by atoms with Crippen molar-refractivity contribution in [2.75, 3.05) is 26.2 Å². The standard InChI is InChI=1S/C23H26N2OS/c1-18-7-12-22(27-18)23(25-15-13-24-14-16-25)20-8-10-21(11-9-20)26-17-19-5-3-2-4-6-19/h2-12,23-24H,13-17H2,1H3. The summed E-state index contributed by atoms with van der Waals surface area (Å²) in [5.74, 6) is 0.920. The first-order valence-corrected chi connectivity index (χ1v) is 10.4. The SMILES string of the molecule is Cc1ccc(C(c2ccc(OCc3ccccc3)cc2)N2CCNCC2)s1. The molecule has 27 heavy (non-hydrogen) atoms. The number of piperazine rings is 1. The van der Waals surface area contributed by atoms with Gasteiger partial charge in [0.05, 0.1) is 6.04 Å². The van der Waals surface area contributed by atoms with Crippen LogP contribution in [0.2, 0.25) is 0 Å². The largest absolute Gasteiger partial charge is 0.489 e. The summed E-state index contributed by atoms with van der Waals surface area (Å²) in [6.45, 7) is 7.05. The Morgan fingerprint density at radius 1 is 0.963 bits per heavy atom. The maximum atomic E-state index is 5.96. The molecular weight excluding hydrogens is 352 g/mol. The van der Waals surface area contributed by atoms with Gasteiger partial charge in [-0.1, -0.05) is 42.5 Å². The molecule has 3 aromatic rings. The number of rotatable bonds is 6. The summed E-state index contributed by atoms with van der Waals surface area (Å²) in [6, 6.07) is 23.8. The quantitative estimate of drug-likeness (QED) is 0.677. The maximum absolute atomic E-state index is 5.96. The topological polar surface area (TPSA) is 24.5 Å². The van der Waals surface area contributed by atoms with Gasteiger partial charge in [-0.2, -0.15) is 0 Å². The van der Waals surface area contributed by atoms with Crippen molar-refractivity contribution in [3.05, 3.63) is 87.6 Å². The molecule has 0 amide bonds. The Morgan fingerprint density at radius 2 is 1.70 bits per heavy atom. The normalized spacial score (nSPS) is 16.2. The number of ether oxygens (including phenoxy) is 1. The van der Waals surface area contributed by atoms with Gasteiger partial charge < -0.3 is 10.1 Å². The lowest BCUT2D eigenvalue weighted by molar-refractivity contribution is 0.200. The molecule has 0 spiro atoms. The number of nitrogens with one attached hydrogen (secondary N) is 1. The van der Waals surface area contributed by atoms with E-state index in [1.54, 1.807) is 0 Å². The third-order valence-electron chi connectivity index (χ3n) is 4.99. The van der Waals surface area contributed by atoms with E-state index in [9.17, 15) is 0 Å². The maximum Gasteiger partial charge on any atom is 0.119 e. The van der Waals surface area contributed by atoms with E-state index in [1.165, 1.54) is 20.9 Å². The highest BCUT2D eigenvalue weighted by Gasteiger charge is 2.25. The zero-order valence-corrected chi connectivity index (χ0v) is 16.5. The second kappa shape index (κ2) is 8.70. The lowest BCUT2D eigenvalue weighted by atomic mass is 10.0. The van der Waals surface area contributed by atoms with Crippen LogP contribution in [0.15, 0.2) is 66.7 Å². The van der Waals surface area contributed by atoms with Crippen LogP contribution in [0.3, 0.4) is 0 Å². The number of nitrogens with zero attached hydrogens (tertiary/aromatic N) is 1. The molecule has 140 valence electrons. The van der Waals surface area contributed by atoms with Crippen LogP contribution < -0.4 is 10.1 Å². The third kappa shape index (κ3) is 4.59.